The van der Waals surface area contributed by atoms with Crippen LogP contribution in [0.15, 0.2) is 54.7 Å². The second kappa shape index (κ2) is 9.80. The highest BCUT2D eigenvalue weighted by Gasteiger charge is 2.35. The summed E-state index contributed by atoms with van der Waals surface area (Å²) in [6.07, 6.45) is -1.72. The molecule has 178 valence electrons. The zero-order chi connectivity index (χ0) is 24.3. The molecule has 9 heteroatoms. The lowest BCUT2D eigenvalue weighted by atomic mass is 10.0. The van der Waals surface area contributed by atoms with Gasteiger partial charge in [-0.05, 0) is 61.9 Å². The number of nitrogens with zero attached hydrogens (tertiary/aromatic N) is 2. The molecule has 1 amide bonds. The Labute approximate surface area is 195 Å². The molecule has 1 fully saturated rings. The van der Waals surface area contributed by atoms with Gasteiger partial charge in [-0.25, -0.2) is 9.97 Å². The maximum Gasteiger partial charge on any atom is 0.419 e. The van der Waals surface area contributed by atoms with Crippen LogP contribution in [0, 0.1) is 5.92 Å². The van der Waals surface area contributed by atoms with E-state index < -0.39 is 11.7 Å². The van der Waals surface area contributed by atoms with Crippen molar-refractivity contribution in [1.29, 1.82) is 0 Å². The molecule has 1 saturated carbocycles. The van der Waals surface area contributed by atoms with Gasteiger partial charge in [-0.3, -0.25) is 4.79 Å². The first-order chi connectivity index (χ1) is 16.2. The quantitative estimate of drug-likeness (QED) is 0.411. The molecule has 1 atom stereocenters. The Morgan fingerprint density at radius 2 is 1.82 bits per heavy atom. The third-order valence-electron chi connectivity index (χ3n) is 5.72. The lowest BCUT2D eigenvalue weighted by Crippen LogP contribution is -2.16. The largest absolute Gasteiger partial charge is 0.419 e. The minimum absolute atomic E-state index is 0.0301. The van der Waals surface area contributed by atoms with Gasteiger partial charge in [0.25, 0.3) is 0 Å². The van der Waals surface area contributed by atoms with E-state index in [9.17, 15) is 18.0 Å². The lowest BCUT2D eigenvalue weighted by molar-refractivity contribution is -0.138. The summed E-state index contributed by atoms with van der Waals surface area (Å²) < 4.78 is 40.9. The number of nitrogens with one attached hydrogen (secondary N) is 2. The summed E-state index contributed by atoms with van der Waals surface area (Å²) in [4.78, 5) is 20.2. The Morgan fingerprint density at radius 3 is 2.47 bits per heavy atom. The molecule has 4 rings (SSSR count). The van der Waals surface area contributed by atoms with Crippen molar-refractivity contribution in [2.24, 2.45) is 11.7 Å². The fourth-order valence-corrected chi connectivity index (χ4v) is 3.60. The Bertz CT molecular complexity index is 1160. The molecular weight excluding hydrogens is 443 g/mol. The van der Waals surface area contributed by atoms with E-state index in [2.05, 4.69) is 20.6 Å². The molecule has 2 aromatic carbocycles. The van der Waals surface area contributed by atoms with Crippen molar-refractivity contribution in [3.8, 4) is 0 Å². The maximum atomic E-state index is 13.6. The number of hydrogen-bond donors (Lipinski definition) is 3. The van der Waals surface area contributed by atoms with E-state index in [0.717, 1.165) is 30.2 Å². The van der Waals surface area contributed by atoms with Gasteiger partial charge in [0.1, 0.15) is 0 Å². The summed E-state index contributed by atoms with van der Waals surface area (Å²) in [6, 6.07) is 14.3. The highest BCUT2D eigenvalue weighted by molar-refractivity contribution is 5.94. The summed E-state index contributed by atoms with van der Waals surface area (Å²) in [5.74, 6) is 0.0568. The van der Waals surface area contributed by atoms with Crippen molar-refractivity contribution in [2.75, 3.05) is 10.6 Å². The lowest BCUT2D eigenvalue weighted by Gasteiger charge is -2.15. The number of aryl methyl sites for hydroxylation is 2. The molecule has 0 saturated heterocycles. The average molecular weight is 470 g/mol. The number of benzene rings is 2. The van der Waals surface area contributed by atoms with Crippen LogP contribution in [-0.2, 0) is 23.8 Å². The number of nitrogens with two attached hydrogens (primary N) is 1. The van der Waals surface area contributed by atoms with Crippen LogP contribution in [0.1, 0.15) is 48.2 Å². The van der Waals surface area contributed by atoms with Crippen molar-refractivity contribution in [3.05, 3.63) is 77.1 Å². The third kappa shape index (κ3) is 5.91. The van der Waals surface area contributed by atoms with Crippen molar-refractivity contribution in [2.45, 2.75) is 44.8 Å². The van der Waals surface area contributed by atoms with Crippen LogP contribution in [0.5, 0.6) is 0 Å². The van der Waals surface area contributed by atoms with Gasteiger partial charge in [-0.1, -0.05) is 30.3 Å². The number of carbonyl (C=O) groups excluding carboxylic acids is 1. The van der Waals surface area contributed by atoms with Crippen LogP contribution in [0.4, 0.5) is 30.5 Å². The Hall–Kier alpha value is -3.46. The summed E-state index contributed by atoms with van der Waals surface area (Å²) in [7, 11) is 0. The van der Waals surface area contributed by atoms with Gasteiger partial charge in [0.15, 0.2) is 0 Å². The smallest absolute Gasteiger partial charge is 0.326 e. The van der Waals surface area contributed by atoms with E-state index in [1.165, 1.54) is 0 Å². The number of carbonyl (C=O) groups is 1. The number of para-hydroxylation sites is 1. The maximum absolute atomic E-state index is 13.6. The molecule has 34 heavy (non-hydrogen) atoms. The number of anilines is 3. The van der Waals surface area contributed by atoms with Gasteiger partial charge in [-0.15, -0.1) is 0 Å². The molecule has 3 aromatic rings. The van der Waals surface area contributed by atoms with E-state index >= 15 is 0 Å². The van der Waals surface area contributed by atoms with Crippen LogP contribution in [-0.4, -0.2) is 15.9 Å². The second-order valence-corrected chi connectivity index (χ2v) is 8.51. The zero-order valence-corrected chi connectivity index (χ0v) is 18.7. The number of hydrogen-bond acceptors (Lipinski definition) is 5. The normalized spacial score (nSPS) is 14.5. The molecule has 0 bridgehead atoms. The Morgan fingerprint density at radius 1 is 1.12 bits per heavy atom. The first-order valence-electron chi connectivity index (χ1n) is 11.1. The predicted octanol–water partition coefficient (Wildman–Crippen LogP) is 5.39. The van der Waals surface area contributed by atoms with Crippen LogP contribution in [0.2, 0.25) is 0 Å². The number of alkyl halides is 3. The first-order valence-corrected chi connectivity index (χ1v) is 11.1. The van der Waals surface area contributed by atoms with Crippen LogP contribution >= 0.6 is 0 Å². The third-order valence-corrected chi connectivity index (χ3v) is 5.72. The van der Waals surface area contributed by atoms with Crippen molar-refractivity contribution < 1.29 is 18.0 Å². The number of halogens is 3. The van der Waals surface area contributed by atoms with Crippen molar-refractivity contribution in [1.82, 2.24) is 9.97 Å². The monoisotopic (exact) mass is 469 g/mol. The molecule has 0 aliphatic heterocycles. The van der Waals surface area contributed by atoms with Crippen LogP contribution < -0.4 is 16.4 Å². The molecule has 1 unspecified atom stereocenters. The number of aromatic nitrogens is 2. The van der Waals surface area contributed by atoms with E-state index in [4.69, 9.17) is 5.73 Å². The Kier molecular flexibility index (Phi) is 6.83. The number of rotatable bonds is 8. The van der Waals surface area contributed by atoms with Crippen molar-refractivity contribution >= 4 is 23.2 Å². The van der Waals surface area contributed by atoms with Crippen LogP contribution in [0.3, 0.4) is 0 Å². The first kappa shape index (κ1) is 23.7. The fourth-order valence-electron chi connectivity index (χ4n) is 3.60. The topological polar surface area (TPSA) is 92.9 Å². The van der Waals surface area contributed by atoms with Gasteiger partial charge >= 0.3 is 6.18 Å². The fraction of sp³-hybridized carbons (Fsp3) is 0.320. The van der Waals surface area contributed by atoms with E-state index in [-0.39, 0.29) is 42.4 Å². The zero-order valence-electron chi connectivity index (χ0n) is 18.7. The molecule has 1 aromatic heterocycles. The van der Waals surface area contributed by atoms with Crippen molar-refractivity contribution in [3.63, 3.8) is 0 Å². The van der Waals surface area contributed by atoms with E-state index in [1.807, 2.05) is 19.1 Å². The van der Waals surface area contributed by atoms with Crippen LogP contribution in [0.25, 0.3) is 0 Å². The molecular formula is C25H26F3N5O. The minimum atomic E-state index is -4.58. The van der Waals surface area contributed by atoms with E-state index in [0.29, 0.717) is 11.4 Å². The van der Waals surface area contributed by atoms with E-state index in [1.54, 1.807) is 36.4 Å². The minimum Gasteiger partial charge on any atom is -0.326 e. The van der Waals surface area contributed by atoms with Gasteiger partial charge in [0, 0.05) is 29.5 Å². The molecule has 1 aliphatic rings. The van der Waals surface area contributed by atoms with Gasteiger partial charge in [0.05, 0.1) is 11.3 Å². The molecule has 1 aliphatic carbocycles. The highest BCUT2D eigenvalue weighted by atomic mass is 19.4. The molecule has 6 nitrogen and oxygen atoms in total. The molecule has 1 heterocycles. The Balaban J connectivity index is 1.54. The summed E-state index contributed by atoms with van der Waals surface area (Å²) in [6.45, 7) is 1.86. The molecule has 4 N–H and O–H groups in total. The van der Waals surface area contributed by atoms with Gasteiger partial charge in [0.2, 0.25) is 11.9 Å². The standard InChI is InChI=1S/C25H26F3N5O/c1-15(29)16-8-11-19(12-9-16)31-24-30-14-20(25(26,27)28)22(33-24)13-10-17-4-2-3-5-21(17)32-23(34)18-6-7-18/h2-5,8-9,11-12,14-15,18H,6-7,10,13,29H2,1H3,(H,32,34)(H,30,31,33). The second-order valence-electron chi connectivity index (χ2n) is 8.51. The summed E-state index contributed by atoms with van der Waals surface area (Å²) >= 11 is 0. The van der Waals surface area contributed by atoms with Gasteiger partial charge < -0.3 is 16.4 Å². The number of amides is 1. The summed E-state index contributed by atoms with van der Waals surface area (Å²) in [5.41, 5.74) is 7.83. The average Bonchev–Trinajstić information content (AvgIpc) is 3.64. The SMILES string of the molecule is CC(N)c1ccc(Nc2ncc(C(F)(F)F)c(CCc3ccccc3NC(=O)C3CC3)n2)cc1. The molecule has 0 spiro atoms. The van der Waals surface area contributed by atoms with Gasteiger partial charge in [-0.2, -0.15) is 13.2 Å². The predicted molar refractivity (Wildman–Crippen MR) is 125 cm³/mol. The highest BCUT2D eigenvalue weighted by Crippen LogP contribution is 2.33. The summed E-state index contributed by atoms with van der Waals surface area (Å²) in [5, 5.41) is 5.85. The molecule has 0 radical (unpaired) electrons.